The average molecular weight is 336 g/mol. The van der Waals surface area contributed by atoms with E-state index in [1.54, 1.807) is 0 Å². The third-order valence-electron chi connectivity index (χ3n) is 3.85. The summed E-state index contributed by atoms with van der Waals surface area (Å²) >= 11 is 0. The molecule has 2 rings (SSSR count). The summed E-state index contributed by atoms with van der Waals surface area (Å²) in [6, 6.07) is 9.49. The summed E-state index contributed by atoms with van der Waals surface area (Å²) in [5, 5.41) is 7.53. The number of sulfonamides is 1. The Hall–Kier alpha value is -1.70. The van der Waals surface area contributed by atoms with Gasteiger partial charge in [0.2, 0.25) is 10.0 Å². The number of aromatic nitrogens is 2. The number of hydrogen-bond donors (Lipinski definition) is 2. The molecule has 2 aromatic rings. The van der Waals surface area contributed by atoms with E-state index in [9.17, 15) is 8.42 Å². The fourth-order valence-corrected chi connectivity index (χ4v) is 3.30. The summed E-state index contributed by atoms with van der Waals surface area (Å²) in [5.74, 6) is 0.0538. The number of aryl methyl sites for hydroxylation is 2. The van der Waals surface area contributed by atoms with Crippen molar-refractivity contribution in [1.29, 1.82) is 0 Å². The average Bonchev–Trinajstić information content (AvgIpc) is 2.76. The highest BCUT2D eigenvalue weighted by Gasteiger charge is 2.11. The van der Waals surface area contributed by atoms with Crippen molar-refractivity contribution < 1.29 is 8.42 Å². The first-order valence-electron chi connectivity index (χ1n) is 7.60. The molecule has 1 aromatic heterocycles. The Kier molecular flexibility index (Phi) is 5.92. The lowest BCUT2D eigenvalue weighted by molar-refractivity contribution is 0.576. The molecule has 0 saturated carbocycles. The monoisotopic (exact) mass is 336 g/mol. The van der Waals surface area contributed by atoms with Crippen molar-refractivity contribution in [1.82, 2.24) is 19.8 Å². The maximum Gasteiger partial charge on any atom is 0.213 e. The van der Waals surface area contributed by atoms with Crippen molar-refractivity contribution in [2.75, 3.05) is 12.3 Å². The summed E-state index contributed by atoms with van der Waals surface area (Å²) in [6.45, 7) is 5.32. The van der Waals surface area contributed by atoms with Crippen LogP contribution in [-0.4, -0.2) is 30.5 Å². The Morgan fingerprint density at radius 2 is 1.83 bits per heavy atom. The highest BCUT2D eigenvalue weighted by atomic mass is 32.2. The van der Waals surface area contributed by atoms with Gasteiger partial charge in [0.25, 0.3) is 0 Å². The molecule has 0 aliphatic carbocycles. The number of rotatable bonds is 8. The lowest BCUT2D eigenvalue weighted by Gasteiger charge is -2.08. The minimum atomic E-state index is -3.28. The first-order valence-corrected chi connectivity index (χ1v) is 9.25. The van der Waals surface area contributed by atoms with Crippen LogP contribution in [0, 0.1) is 13.8 Å². The van der Waals surface area contributed by atoms with Gasteiger partial charge >= 0.3 is 0 Å². The summed E-state index contributed by atoms with van der Waals surface area (Å²) in [4.78, 5) is 0. The Morgan fingerprint density at radius 3 is 2.43 bits per heavy atom. The quantitative estimate of drug-likeness (QED) is 0.711. The standard InChI is InChI=1S/C16H24N4O2S/c1-13-16(14(2)20(3)19-13)12-17-9-10-23(21,22)18-11-15-7-5-4-6-8-15/h4-8,17-18H,9-12H2,1-3H3. The van der Waals surface area contributed by atoms with Crippen molar-refractivity contribution >= 4 is 10.0 Å². The molecule has 0 bridgehead atoms. The first-order chi connectivity index (χ1) is 10.9. The summed E-state index contributed by atoms with van der Waals surface area (Å²) in [6.07, 6.45) is 0. The van der Waals surface area contributed by atoms with Crippen LogP contribution >= 0.6 is 0 Å². The summed E-state index contributed by atoms with van der Waals surface area (Å²) in [5.41, 5.74) is 4.15. The third kappa shape index (κ3) is 5.16. The van der Waals surface area contributed by atoms with E-state index in [-0.39, 0.29) is 5.75 Å². The van der Waals surface area contributed by atoms with E-state index in [2.05, 4.69) is 15.1 Å². The number of hydrogen-bond acceptors (Lipinski definition) is 4. The normalized spacial score (nSPS) is 11.8. The third-order valence-corrected chi connectivity index (χ3v) is 5.17. The van der Waals surface area contributed by atoms with Gasteiger partial charge in [0.15, 0.2) is 0 Å². The lowest BCUT2D eigenvalue weighted by atomic mass is 10.2. The van der Waals surface area contributed by atoms with Gasteiger partial charge in [-0.25, -0.2) is 13.1 Å². The predicted octanol–water partition coefficient (Wildman–Crippen LogP) is 1.25. The van der Waals surface area contributed by atoms with Gasteiger partial charge in [-0.05, 0) is 19.4 Å². The SMILES string of the molecule is Cc1nn(C)c(C)c1CNCCS(=O)(=O)NCc1ccccc1. The maximum absolute atomic E-state index is 12.0. The van der Waals surface area contributed by atoms with Crippen molar-refractivity contribution in [3.05, 3.63) is 52.8 Å². The second-order valence-corrected chi connectivity index (χ2v) is 7.50. The highest BCUT2D eigenvalue weighted by Crippen LogP contribution is 2.10. The minimum absolute atomic E-state index is 0.0538. The van der Waals surface area contributed by atoms with Crippen LogP contribution in [0.15, 0.2) is 30.3 Å². The fourth-order valence-electron chi connectivity index (χ4n) is 2.35. The Balaban J connectivity index is 1.76. The first kappa shape index (κ1) is 17.7. The Morgan fingerprint density at radius 1 is 1.13 bits per heavy atom. The molecular weight excluding hydrogens is 312 g/mol. The van der Waals surface area contributed by atoms with Gasteiger partial charge in [0.1, 0.15) is 0 Å². The van der Waals surface area contributed by atoms with E-state index >= 15 is 0 Å². The summed E-state index contributed by atoms with van der Waals surface area (Å²) in [7, 11) is -1.38. The molecule has 6 nitrogen and oxygen atoms in total. The van der Waals surface area contributed by atoms with Crippen molar-refractivity contribution in [3.63, 3.8) is 0 Å². The highest BCUT2D eigenvalue weighted by molar-refractivity contribution is 7.89. The Bertz CT molecular complexity index is 739. The zero-order valence-electron chi connectivity index (χ0n) is 13.8. The number of nitrogens with zero attached hydrogens (tertiary/aromatic N) is 2. The van der Waals surface area contributed by atoms with Crippen LogP contribution in [0.25, 0.3) is 0 Å². The van der Waals surface area contributed by atoms with E-state index in [1.807, 2.05) is 55.9 Å². The van der Waals surface area contributed by atoms with Crippen LogP contribution in [0.5, 0.6) is 0 Å². The molecule has 0 aliphatic rings. The smallest absolute Gasteiger partial charge is 0.213 e. The second kappa shape index (κ2) is 7.72. The van der Waals surface area contributed by atoms with Gasteiger partial charge in [-0.1, -0.05) is 30.3 Å². The number of nitrogens with one attached hydrogen (secondary N) is 2. The van der Waals surface area contributed by atoms with Gasteiger partial charge in [-0.3, -0.25) is 4.68 Å². The second-order valence-electron chi connectivity index (χ2n) is 5.58. The molecule has 23 heavy (non-hydrogen) atoms. The molecule has 1 heterocycles. The molecule has 0 saturated heterocycles. The van der Waals surface area contributed by atoms with Crippen LogP contribution < -0.4 is 10.0 Å². The van der Waals surface area contributed by atoms with Crippen molar-refractivity contribution in [3.8, 4) is 0 Å². The van der Waals surface area contributed by atoms with E-state index in [0.717, 1.165) is 22.5 Å². The summed E-state index contributed by atoms with van der Waals surface area (Å²) < 4.78 is 28.4. The van der Waals surface area contributed by atoms with E-state index in [0.29, 0.717) is 19.6 Å². The number of benzene rings is 1. The molecule has 0 aliphatic heterocycles. The molecule has 0 spiro atoms. The van der Waals surface area contributed by atoms with Gasteiger partial charge < -0.3 is 5.32 Å². The molecule has 7 heteroatoms. The van der Waals surface area contributed by atoms with Gasteiger partial charge in [-0.2, -0.15) is 5.10 Å². The largest absolute Gasteiger partial charge is 0.311 e. The van der Waals surface area contributed by atoms with Crippen LogP contribution in [0.2, 0.25) is 0 Å². The van der Waals surface area contributed by atoms with Crippen molar-refractivity contribution in [2.24, 2.45) is 7.05 Å². The van der Waals surface area contributed by atoms with Crippen LogP contribution in [-0.2, 0) is 30.2 Å². The molecule has 0 fully saturated rings. The zero-order valence-corrected chi connectivity index (χ0v) is 14.7. The van der Waals surface area contributed by atoms with Crippen LogP contribution in [0.3, 0.4) is 0 Å². The predicted molar refractivity (Wildman–Crippen MR) is 91.5 cm³/mol. The fraction of sp³-hybridized carbons (Fsp3) is 0.438. The topological polar surface area (TPSA) is 76.0 Å². The molecule has 2 N–H and O–H groups in total. The van der Waals surface area contributed by atoms with Crippen LogP contribution in [0.1, 0.15) is 22.5 Å². The van der Waals surface area contributed by atoms with E-state index < -0.39 is 10.0 Å². The molecule has 0 unspecified atom stereocenters. The van der Waals surface area contributed by atoms with Crippen molar-refractivity contribution in [2.45, 2.75) is 26.9 Å². The van der Waals surface area contributed by atoms with Gasteiger partial charge in [0.05, 0.1) is 11.4 Å². The molecule has 0 atom stereocenters. The van der Waals surface area contributed by atoms with Gasteiger partial charge in [-0.15, -0.1) is 0 Å². The lowest BCUT2D eigenvalue weighted by Crippen LogP contribution is -2.31. The molecule has 1 aromatic carbocycles. The van der Waals surface area contributed by atoms with Crippen LogP contribution in [0.4, 0.5) is 0 Å². The molecule has 0 amide bonds. The van der Waals surface area contributed by atoms with Gasteiger partial charge in [0, 0.05) is 37.9 Å². The van der Waals surface area contributed by atoms with E-state index in [4.69, 9.17) is 0 Å². The maximum atomic E-state index is 12.0. The minimum Gasteiger partial charge on any atom is -0.311 e. The molecule has 0 radical (unpaired) electrons. The molecular formula is C16H24N4O2S. The zero-order chi connectivity index (χ0) is 16.9. The van der Waals surface area contributed by atoms with E-state index in [1.165, 1.54) is 0 Å². The molecule has 126 valence electrons. The Labute approximate surface area is 138 Å².